The topological polar surface area (TPSA) is 221 Å². The van der Waals surface area contributed by atoms with Gasteiger partial charge < -0.3 is 35.8 Å². The Hall–Kier alpha value is -5.31. The molecule has 1 aromatic carbocycles. The van der Waals surface area contributed by atoms with E-state index < -0.39 is 36.7 Å². The minimum absolute atomic E-state index is 0.0448. The standard InChI is InChI=1S/C27H32N8O7/c1-5-9-35(27(39)41-14-40-26(38)17(4)29)25(37)19-12-30-22(16(19)3)23(31-13-28)32-20-11-18(7-6-15(20)2)24(36)33-21-8-10-42-34-21/h6-8,10-13,17,30H,5,9,14,29H2,1-4H3,(H2,28,31,32)(H,33,34,36). The Bertz CT molecular complexity index is 1490. The maximum absolute atomic E-state index is 13.4. The van der Waals surface area contributed by atoms with E-state index in [0.29, 0.717) is 28.9 Å². The summed E-state index contributed by atoms with van der Waals surface area (Å²) < 4.78 is 14.5. The van der Waals surface area contributed by atoms with Gasteiger partial charge in [0.1, 0.15) is 12.3 Å². The van der Waals surface area contributed by atoms with Crippen LogP contribution in [0.2, 0.25) is 0 Å². The number of nitrogens with two attached hydrogens (primary N) is 2. The number of carbonyl (C=O) groups excluding carboxylic acids is 4. The van der Waals surface area contributed by atoms with Crippen LogP contribution in [0.1, 0.15) is 57.8 Å². The van der Waals surface area contributed by atoms with Crippen molar-refractivity contribution in [2.75, 3.05) is 18.7 Å². The van der Waals surface area contributed by atoms with E-state index in [2.05, 4.69) is 25.4 Å². The molecule has 0 saturated heterocycles. The Morgan fingerprint density at radius 3 is 2.62 bits per heavy atom. The third-order valence-electron chi connectivity index (χ3n) is 5.84. The zero-order chi connectivity index (χ0) is 30.8. The number of nitrogens with zero attached hydrogens (tertiary/aromatic N) is 4. The molecule has 1 unspecified atom stereocenters. The van der Waals surface area contributed by atoms with E-state index in [0.717, 1.165) is 16.8 Å². The molecule has 1 atom stereocenters. The summed E-state index contributed by atoms with van der Waals surface area (Å²) in [6, 6.07) is 5.53. The summed E-state index contributed by atoms with van der Waals surface area (Å²) in [7, 11) is 0. The molecule has 3 amide bonds. The molecule has 0 bridgehead atoms. The zero-order valence-electron chi connectivity index (χ0n) is 23.5. The number of amides is 3. The Kier molecular flexibility index (Phi) is 10.7. The van der Waals surface area contributed by atoms with Gasteiger partial charge in [-0.25, -0.2) is 19.7 Å². The minimum Gasteiger partial charge on any atom is -0.427 e. The van der Waals surface area contributed by atoms with Gasteiger partial charge in [-0.1, -0.05) is 18.1 Å². The van der Waals surface area contributed by atoms with Gasteiger partial charge in [0.25, 0.3) is 11.8 Å². The number of aromatic amines is 1. The first-order valence-electron chi connectivity index (χ1n) is 12.8. The maximum atomic E-state index is 13.4. The SMILES string of the molecule is CCCN(C(=O)OCOC(=O)C(C)N)C(=O)c1c[nH]c(C(N=CN)=Nc2cc(C(=O)Nc3ccon3)ccc2C)c1C. The number of aromatic nitrogens is 2. The number of anilines is 1. The van der Waals surface area contributed by atoms with Crippen molar-refractivity contribution in [3.63, 3.8) is 0 Å². The predicted octanol–water partition coefficient (Wildman–Crippen LogP) is 2.77. The number of benzene rings is 1. The molecule has 0 aliphatic carbocycles. The maximum Gasteiger partial charge on any atom is 0.419 e. The Balaban J connectivity index is 1.88. The van der Waals surface area contributed by atoms with Gasteiger partial charge in [0.05, 0.1) is 23.3 Å². The Labute approximate surface area is 240 Å². The number of aliphatic imine (C=N–C) groups is 2. The number of H-pyrrole nitrogens is 1. The highest BCUT2D eigenvalue weighted by molar-refractivity contribution is 6.09. The van der Waals surface area contributed by atoms with Crippen molar-refractivity contribution in [1.82, 2.24) is 15.0 Å². The summed E-state index contributed by atoms with van der Waals surface area (Å²) in [5, 5.41) is 6.28. The number of ether oxygens (including phenoxy) is 2. The van der Waals surface area contributed by atoms with Crippen molar-refractivity contribution in [3.05, 3.63) is 64.7 Å². The molecule has 2 heterocycles. The lowest BCUT2D eigenvalue weighted by Crippen LogP contribution is -2.39. The molecule has 222 valence electrons. The van der Waals surface area contributed by atoms with E-state index in [9.17, 15) is 19.2 Å². The van der Waals surface area contributed by atoms with E-state index in [1.165, 1.54) is 25.5 Å². The molecular formula is C27H32N8O7. The summed E-state index contributed by atoms with van der Waals surface area (Å²) in [5.41, 5.74) is 13.4. The van der Waals surface area contributed by atoms with Crippen LogP contribution in [0.25, 0.3) is 0 Å². The molecule has 6 N–H and O–H groups in total. The number of aryl methyl sites for hydroxylation is 1. The summed E-state index contributed by atoms with van der Waals surface area (Å²) in [6.07, 6.45) is 3.24. The molecule has 3 rings (SSSR count). The molecule has 0 spiro atoms. The number of nitrogens with one attached hydrogen (secondary N) is 2. The lowest BCUT2D eigenvalue weighted by Gasteiger charge is -2.19. The van der Waals surface area contributed by atoms with Crippen molar-refractivity contribution in [1.29, 1.82) is 0 Å². The van der Waals surface area contributed by atoms with Crippen LogP contribution >= 0.6 is 0 Å². The van der Waals surface area contributed by atoms with Crippen LogP contribution in [0.3, 0.4) is 0 Å². The fourth-order valence-corrected chi connectivity index (χ4v) is 3.61. The molecule has 3 aromatic rings. The first kappa shape index (κ1) is 31.2. The Morgan fingerprint density at radius 1 is 1.21 bits per heavy atom. The minimum atomic E-state index is -0.994. The molecule has 0 fully saturated rings. The van der Waals surface area contributed by atoms with Crippen molar-refractivity contribution in [2.24, 2.45) is 21.5 Å². The molecule has 15 heteroatoms. The normalized spacial score (nSPS) is 12.2. The number of carbonyl (C=O) groups is 4. The molecule has 0 aliphatic rings. The highest BCUT2D eigenvalue weighted by Crippen LogP contribution is 2.24. The molecule has 15 nitrogen and oxygen atoms in total. The lowest BCUT2D eigenvalue weighted by molar-refractivity contribution is -0.153. The number of hydrogen-bond donors (Lipinski definition) is 4. The van der Waals surface area contributed by atoms with Crippen LogP contribution in [-0.4, -0.2) is 70.5 Å². The zero-order valence-corrected chi connectivity index (χ0v) is 23.5. The first-order valence-corrected chi connectivity index (χ1v) is 12.8. The number of imide groups is 1. The average molecular weight is 581 g/mol. The highest BCUT2D eigenvalue weighted by Gasteiger charge is 2.28. The monoisotopic (exact) mass is 580 g/mol. The van der Waals surface area contributed by atoms with Crippen molar-refractivity contribution in [2.45, 2.75) is 40.2 Å². The Morgan fingerprint density at radius 2 is 1.98 bits per heavy atom. The third kappa shape index (κ3) is 7.66. The fraction of sp³-hybridized carbons (Fsp3) is 0.296. The van der Waals surface area contributed by atoms with Crippen LogP contribution in [0.4, 0.5) is 16.3 Å². The van der Waals surface area contributed by atoms with Crippen molar-refractivity contribution < 1.29 is 33.2 Å². The van der Waals surface area contributed by atoms with Crippen LogP contribution in [0.15, 0.2) is 51.2 Å². The third-order valence-corrected chi connectivity index (χ3v) is 5.84. The number of amidine groups is 1. The second-order valence-electron chi connectivity index (χ2n) is 8.99. The van der Waals surface area contributed by atoms with Crippen LogP contribution < -0.4 is 16.8 Å². The fourth-order valence-electron chi connectivity index (χ4n) is 3.61. The van der Waals surface area contributed by atoms with Gasteiger partial charge in [-0.3, -0.25) is 14.4 Å². The number of rotatable bonds is 10. The molecular weight excluding hydrogens is 548 g/mol. The molecule has 0 saturated carbocycles. The van der Waals surface area contributed by atoms with E-state index in [1.54, 1.807) is 39.0 Å². The van der Waals surface area contributed by atoms with Gasteiger partial charge in [-0.05, 0) is 50.5 Å². The van der Waals surface area contributed by atoms with Crippen LogP contribution in [0, 0.1) is 13.8 Å². The largest absolute Gasteiger partial charge is 0.427 e. The molecule has 2 aromatic heterocycles. The van der Waals surface area contributed by atoms with E-state index >= 15 is 0 Å². The van der Waals surface area contributed by atoms with E-state index in [-0.39, 0.29) is 23.8 Å². The predicted molar refractivity (Wildman–Crippen MR) is 152 cm³/mol. The van der Waals surface area contributed by atoms with E-state index in [4.69, 9.17) is 25.5 Å². The first-order chi connectivity index (χ1) is 20.1. The smallest absolute Gasteiger partial charge is 0.419 e. The number of hydrogen-bond acceptors (Lipinski definition) is 10. The summed E-state index contributed by atoms with van der Waals surface area (Å²) in [5.74, 6) is -1.46. The summed E-state index contributed by atoms with van der Waals surface area (Å²) in [6.45, 7) is 6.00. The van der Waals surface area contributed by atoms with Gasteiger partial charge in [0, 0.05) is 24.4 Å². The van der Waals surface area contributed by atoms with Crippen LogP contribution in [0.5, 0.6) is 0 Å². The van der Waals surface area contributed by atoms with Gasteiger partial charge in [0.2, 0.25) is 6.79 Å². The summed E-state index contributed by atoms with van der Waals surface area (Å²) in [4.78, 5) is 62.9. The summed E-state index contributed by atoms with van der Waals surface area (Å²) >= 11 is 0. The van der Waals surface area contributed by atoms with E-state index in [1.807, 2.05) is 0 Å². The second kappa shape index (κ2) is 14.4. The lowest BCUT2D eigenvalue weighted by atomic mass is 10.1. The quantitative estimate of drug-likeness (QED) is 0.119. The second-order valence-corrected chi connectivity index (χ2v) is 8.99. The van der Waals surface area contributed by atoms with Gasteiger partial charge in [-0.15, -0.1) is 0 Å². The van der Waals surface area contributed by atoms with Gasteiger partial charge >= 0.3 is 12.1 Å². The number of esters is 1. The van der Waals surface area contributed by atoms with Gasteiger partial charge in [-0.2, -0.15) is 0 Å². The van der Waals surface area contributed by atoms with Crippen molar-refractivity contribution in [3.8, 4) is 0 Å². The average Bonchev–Trinajstić information content (AvgIpc) is 3.61. The van der Waals surface area contributed by atoms with Crippen molar-refractivity contribution >= 4 is 47.6 Å². The molecule has 0 aliphatic heterocycles. The molecule has 0 radical (unpaired) electrons. The highest BCUT2D eigenvalue weighted by atomic mass is 16.7. The van der Waals surface area contributed by atoms with Gasteiger partial charge in [0.15, 0.2) is 11.7 Å². The van der Waals surface area contributed by atoms with Crippen LogP contribution in [-0.2, 0) is 14.3 Å². The molecule has 42 heavy (non-hydrogen) atoms.